The zero-order valence-corrected chi connectivity index (χ0v) is 12.4. The lowest BCUT2D eigenvalue weighted by Crippen LogP contribution is -2.01. The Hall–Kier alpha value is -2.95. The third-order valence-electron chi connectivity index (χ3n) is 3.97. The lowest BCUT2D eigenvalue weighted by atomic mass is 10.1. The molecule has 5 heteroatoms. The fourth-order valence-electron chi connectivity index (χ4n) is 2.81. The third kappa shape index (κ3) is 2.40. The van der Waals surface area contributed by atoms with Crippen LogP contribution in [0.15, 0.2) is 54.7 Å². The van der Waals surface area contributed by atoms with E-state index in [0.717, 1.165) is 18.5 Å². The standard InChI is InChI=1S/C18H15FN4/c19-15-8-4-7-14-16(15)22-18(20)23-11-13(21-17(14)23)10-9-12-5-2-1-3-6-12/h1-8,11H,9-10H2,(H2,20,22). The first-order chi connectivity index (χ1) is 11.2. The molecule has 0 unspecified atom stereocenters. The van der Waals surface area contributed by atoms with E-state index in [2.05, 4.69) is 22.1 Å². The van der Waals surface area contributed by atoms with E-state index < -0.39 is 0 Å². The Labute approximate surface area is 132 Å². The van der Waals surface area contributed by atoms with Crippen LogP contribution in [0.1, 0.15) is 11.3 Å². The van der Waals surface area contributed by atoms with Gasteiger partial charge in [-0.1, -0.05) is 36.4 Å². The second-order valence-electron chi connectivity index (χ2n) is 5.52. The molecular formula is C18H15FN4. The number of halogens is 1. The Morgan fingerprint density at radius 1 is 0.957 bits per heavy atom. The van der Waals surface area contributed by atoms with Gasteiger partial charge in [0.15, 0.2) is 0 Å². The van der Waals surface area contributed by atoms with Crippen LogP contribution in [0.5, 0.6) is 0 Å². The van der Waals surface area contributed by atoms with Crippen LogP contribution in [-0.4, -0.2) is 14.4 Å². The van der Waals surface area contributed by atoms with E-state index >= 15 is 0 Å². The minimum absolute atomic E-state index is 0.246. The molecule has 0 aliphatic rings. The second-order valence-corrected chi connectivity index (χ2v) is 5.52. The number of fused-ring (bicyclic) bond motifs is 3. The van der Waals surface area contributed by atoms with E-state index in [1.165, 1.54) is 11.6 Å². The van der Waals surface area contributed by atoms with Crippen molar-refractivity contribution in [3.8, 4) is 0 Å². The fourth-order valence-corrected chi connectivity index (χ4v) is 2.81. The molecule has 0 aliphatic heterocycles. The van der Waals surface area contributed by atoms with Gasteiger partial charge in [-0.05, 0) is 30.5 Å². The van der Waals surface area contributed by atoms with Gasteiger partial charge in [0.2, 0.25) is 5.95 Å². The summed E-state index contributed by atoms with van der Waals surface area (Å²) in [5, 5.41) is 0.671. The number of nitrogen functional groups attached to an aromatic ring is 1. The van der Waals surface area contributed by atoms with Crippen molar-refractivity contribution >= 4 is 22.5 Å². The molecule has 0 saturated heterocycles. The van der Waals surface area contributed by atoms with E-state index in [-0.39, 0.29) is 17.3 Å². The van der Waals surface area contributed by atoms with Crippen molar-refractivity contribution in [3.05, 3.63) is 71.8 Å². The van der Waals surface area contributed by atoms with Crippen LogP contribution in [0.25, 0.3) is 16.6 Å². The van der Waals surface area contributed by atoms with Gasteiger partial charge in [-0.2, -0.15) is 0 Å². The molecule has 0 amide bonds. The molecule has 0 aliphatic carbocycles. The maximum atomic E-state index is 13.9. The van der Waals surface area contributed by atoms with Crippen LogP contribution in [0.2, 0.25) is 0 Å². The molecule has 2 aromatic carbocycles. The quantitative estimate of drug-likeness (QED) is 0.631. The van der Waals surface area contributed by atoms with E-state index in [4.69, 9.17) is 5.73 Å². The number of nitrogens with two attached hydrogens (primary N) is 1. The number of imidazole rings is 1. The molecule has 114 valence electrons. The number of para-hydroxylation sites is 1. The number of hydrogen-bond donors (Lipinski definition) is 1. The smallest absolute Gasteiger partial charge is 0.206 e. The molecule has 23 heavy (non-hydrogen) atoms. The summed E-state index contributed by atoms with van der Waals surface area (Å²) in [5.41, 5.74) is 9.04. The van der Waals surface area contributed by atoms with Gasteiger partial charge in [-0.15, -0.1) is 0 Å². The summed E-state index contributed by atoms with van der Waals surface area (Å²) in [5.74, 6) is -0.137. The monoisotopic (exact) mass is 306 g/mol. The summed E-state index contributed by atoms with van der Waals surface area (Å²) in [6.07, 6.45) is 3.57. The normalized spacial score (nSPS) is 11.3. The predicted molar refractivity (Wildman–Crippen MR) is 88.7 cm³/mol. The van der Waals surface area contributed by atoms with Gasteiger partial charge in [0, 0.05) is 11.6 Å². The number of nitrogens with zero attached hydrogens (tertiary/aromatic N) is 3. The summed E-state index contributed by atoms with van der Waals surface area (Å²) in [4.78, 5) is 8.79. The highest BCUT2D eigenvalue weighted by molar-refractivity contribution is 5.92. The van der Waals surface area contributed by atoms with Gasteiger partial charge in [-0.25, -0.2) is 14.4 Å². The topological polar surface area (TPSA) is 56.2 Å². The van der Waals surface area contributed by atoms with Crippen LogP contribution >= 0.6 is 0 Å². The summed E-state index contributed by atoms with van der Waals surface area (Å²) in [7, 11) is 0. The molecule has 0 saturated carbocycles. The third-order valence-corrected chi connectivity index (χ3v) is 3.97. The molecule has 4 rings (SSSR count). The van der Waals surface area contributed by atoms with Crippen molar-refractivity contribution in [2.75, 3.05) is 5.73 Å². The van der Waals surface area contributed by atoms with Gasteiger partial charge in [0.25, 0.3) is 0 Å². The maximum absolute atomic E-state index is 13.9. The largest absolute Gasteiger partial charge is 0.369 e. The fraction of sp³-hybridized carbons (Fsp3) is 0.111. The van der Waals surface area contributed by atoms with Crippen LogP contribution in [0, 0.1) is 5.82 Å². The zero-order chi connectivity index (χ0) is 15.8. The number of rotatable bonds is 3. The van der Waals surface area contributed by atoms with Crippen LogP contribution < -0.4 is 5.73 Å². The first-order valence-corrected chi connectivity index (χ1v) is 7.48. The van der Waals surface area contributed by atoms with E-state index in [0.29, 0.717) is 11.0 Å². The zero-order valence-electron chi connectivity index (χ0n) is 12.4. The SMILES string of the molecule is Nc1nc2c(F)cccc2c2nc(CCc3ccccc3)cn12. The highest BCUT2D eigenvalue weighted by Crippen LogP contribution is 2.23. The van der Waals surface area contributed by atoms with Gasteiger partial charge < -0.3 is 5.73 Å². The number of anilines is 1. The Morgan fingerprint density at radius 3 is 2.61 bits per heavy atom. The summed E-state index contributed by atoms with van der Waals surface area (Å²) in [6, 6.07) is 15.1. The maximum Gasteiger partial charge on any atom is 0.206 e. The Kier molecular flexibility index (Phi) is 3.19. The molecule has 4 nitrogen and oxygen atoms in total. The van der Waals surface area contributed by atoms with E-state index in [9.17, 15) is 4.39 Å². The van der Waals surface area contributed by atoms with Crippen LogP contribution in [-0.2, 0) is 12.8 Å². The highest BCUT2D eigenvalue weighted by Gasteiger charge is 2.12. The molecular weight excluding hydrogens is 291 g/mol. The molecule has 2 aromatic heterocycles. The minimum atomic E-state index is -0.384. The number of hydrogen-bond acceptors (Lipinski definition) is 3. The minimum Gasteiger partial charge on any atom is -0.369 e. The Morgan fingerprint density at radius 2 is 1.78 bits per heavy atom. The van der Waals surface area contributed by atoms with Crippen molar-refractivity contribution in [1.82, 2.24) is 14.4 Å². The van der Waals surface area contributed by atoms with Gasteiger partial charge >= 0.3 is 0 Å². The van der Waals surface area contributed by atoms with Crippen molar-refractivity contribution in [2.24, 2.45) is 0 Å². The average Bonchev–Trinajstić information content (AvgIpc) is 3.00. The Bertz CT molecular complexity index is 992. The number of benzene rings is 2. The molecule has 0 bridgehead atoms. The summed E-state index contributed by atoms with van der Waals surface area (Å²) >= 11 is 0. The molecule has 2 N–H and O–H groups in total. The lowest BCUT2D eigenvalue weighted by Gasteiger charge is -2.03. The summed E-state index contributed by atoms with van der Waals surface area (Å²) < 4.78 is 15.6. The van der Waals surface area contributed by atoms with Gasteiger partial charge in [-0.3, -0.25) is 4.40 Å². The average molecular weight is 306 g/mol. The Balaban J connectivity index is 1.77. The molecule has 2 heterocycles. The van der Waals surface area contributed by atoms with Crippen molar-refractivity contribution < 1.29 is 4.39 Å². The molecule has 0 atom stereocenters. The molecule has 0 fully saturated rings. The van der Waals surface area contributed by atoms with Gasteiger partial charge in [0.1, 0.15) is 17.0 Å². The lowest BCUT2D eigenvalue weighted by molar-refractivity contribution is 0.636. The van der Waals surface area contributed by atoms with Crippen LogP contribution in [0.4, 0.5) is 10.3 Å². The number of aromatic nitrogens is 3. The highest BCUT2D eigenvalue weighted by atomic mass is 19.1. The van der Waals surface area contributed by atoms with E-state index in [1.54, 1.807) is 10.5 Å². The van der Waals surface area contributed by atoms with Gasteiger partial charge in [0.05, 0.1) is 5.69 Å². The molecule has 4 aromatic rings. The number of aryl methyl sites for hydroxylation is 2. The predicted octanol–water partition coefficient (Wildman–Crippen LogP) is 3.39. The first-order valence-electron chi connectivity index (χ1n) is 7.48. The molecule has 0 spiro atoms. The van der Waals surface area contributed by atoms with Crippen molar-refractivity contribution in [1.29, 1.82) is 0 Å². The van der Waals surface area contributed by atoms with Crippen molar-refractivity contribution in [2.45, 2.75) is 12.8 Å². The van der Waals surface area contributed by atoms with E-state index in [1.807, 2.05) is 30.5 Å². The summed E-state index contributed by atoms with van der Waals surface area (Å²) in [6.45, 7) is 0. The second kappa shape index (κ2) is 5.35. The first kappa shape index (κ1) is 13.7. The van der Waals surface area contributed by atoms with Crippen LogP contribution in [0.3, 0.4) is 0 Å². The molecule has 0 radical (unpaired) electrons. The van der Waals surface area contributed by atoms with Crippen molar-refractivity contribution in [3.63, 3.8) is 0 Å².